The van der Waals surface area contributed by atoms with Gasteiger partial charge in [0.1, 0.15) is 23.1 Å². The average molecular weight is 432 g/mol. The third kappa shape index (κ3) is 5.61. The average Bonchev–Trinajstić information content (AvgIpc) is 2.72. The molecule has 0 unspecified atom stereocenters. The molecule has 0 saturated carbocycles. The standard InChI is InChI=1S/C22H19Cl2NO2S/c1-26-19-4-2-3-16(11-19)13-25-22(28)17-7-10-21(20(24)12-17)27-14-15-5-8-18(23)9-6-15/h2-12H,13-14H2,1H3,(H,25,28). The highest BCUT2D eigenvalue weighted by Crippen LogP contribution is 2.27. The summed E-state index contributed by atoms with van der Waals surface area (Å²) in [6.45, 7) is 1.01. The lowest BCUT2D eigenvalue weighted by Crippen LogP contribution is -2.21. The van der Waals surface area contributed by atoms with Gasteiger partial charge in [0.2, 0.25) is 0 Å². The number of ether oxygens (including phenoxy) is 2. The van der Waals surface area contributed by atoms with Crippen molar-refractivity contribution in [3.63, 3.8) is 0 Å². The zero-order valence-corrected chi connectivity index (χ0v) is 17.6. The summed E-state index contributed by atoms with van der Waals surface area (Å²) in [4.78, 5) is 0.619. The van der Waals surface area contributed by atoms with E-state index < -0.39 is 0 Å². The molecule has 0 heterocycles. The van der Waals surface area contributed by atoms with E-state index in [1.54, 1.807) is 13.2 Å². The molecule has 0 spiro atoms. The van der Waals surface area contributed by atoms with Gasteiger partial charge in [0.15, 0.2) is 0 Å². The maximum Gasteiger partial charge on any atom is 0.138 e. The molecule has 0 atom stereocenters. The van der Waals surface area contributed by atoms with Gasteiger partial charge in [-0.2, -0.15) is 0 Å². The fourth-order valence-corrected chi connectivity index (χ4v) is 3.13. The Hall–Kier alpha value is -2.27. The Kier molecular flexibility index (Phi) is 7.15. The third-order valence-electron chi connectivity index (χ3n) is 4.09. The van der Waals surface area contributed by atoms with Crippen molar-refractivity contribution in [2.75, 3.05) is 7.11 Å². The summed E-state index contributed by atoms with van der Waals surface area (Å²) in [7, 11) is 1.65. The molecular weight excluding hydrogens is 413 g/mol. The molecule has 3 nitrogen and oxygen atoms in total. The zero-order chi connectivity index (χ0) is 19.9. The summed E-state index contributed by atoms with van der Waals surface area (Å²) in [5.74, 6) is 1.42. The highest BCUT2D eigenvalue weighted by Gasteiger charge is 2.08. The molecule has 0 aliphatic rings. The molecule has 1 N–H and O–H groups in total. The minimum Gasteiger partial charge on any atom is -0.497 e. The SMILES string of the molecule is COc1cccc(CNC(=S)c2ccc(OCc3ccc(Cl)cc3)c(Cl)c2)c1. The zero-order valence-electron chi connectivity index (χ0n) is 15.2. The minimum absolute atomic E-state index is 0.411. The molecule has 0 amide bonds. The summed E-state index contributed by atoms with van der Waals surface area (Å²) in [6.07, 6.45) is 0. The van der Waals surface area contributed by atoms with Gasteiger partial charge in [-0.3, -0.25) is 0 Å². The number of benzene rings is 3. The van der Waals surface area contributed by atoms with Crippen molar-refractivity contribution in [2.24, 2.45) is 0 Å². The van der Waals surface area contributed by atoms with Gasteiger partial charge in [-0.05, 0) is 53.6 Å². The molecule has 0 bridgehead atoms. The van der Waals surface area contributed by atoms with Crippen LogP contribution in [-0.2, 0) is 13.2 Å². The fourth-order valence-electron chi connectivity index (χ4n) is 2.57. The number of rotatable bonds is 7. The molecule has 0 aliphatic carbocycles. The Morgan fingerprint density at radius 1 is 0.964 bits per heavy atom. The maximum absolute atomic E-state index is 6.37. The van der Waals surface area contributed by atoms with Crippen LogP contribution in [0.25, 0.3) is 0 Å². The Labute approximate surface area is 180 Å². The Morgan fingerprint density at radius 3 is 2.46 bits per heavy atom. The van der Waals surface area contributed by atoms with E-state index in [1.807, 2.05) is 60.7 Å². The van der Waals surface area contributed by atoms with Gasteiger partial charge >= 0.3 is 0 Å². The van der Waals surface area contributed by atoms with E-state index in [1.165, 1.54) is 0 Å². The molecule has 3 aromatic rings. The largest absolute Gasteiger partial charge is 0.497 e. The molecule has 144 valence electrons. The summed E-state index contributed by atoms with van der Waals surface area (Å²) < 4.78 is 11.0. The van der Waals surface area contributed by atoms with E-state index in [0.717, 1.165) is 22.4 Å². The van der Waals surface area contributed by atoms with Crippen molar-refractivity contribution in [2.45, 2.75) is 13.2 Å². The molecule has 6 heteroatoms. The van der Waals surface area contributed by atoms with Gasteiger partial charge in [-0.1, -0.05) is 59.7 Å². The van der Waals surface area contributed by atoms with Crippen LogP contribution in [-0.4, -0.2) is 12.1 Å². The number of nitrogens with one attached hydrogen (secondary N) is 1. The normalized spacial score (nSPS) is 10.4. The van der Waals surface area contributed by atoms with Crippen molar-refractivity contribution in [1.29, 1.82) is 0 Å². The first kappa shape index (κ1) is 20.5. The monoisotopic (exact) mass is 431 g/mol. The van der Waals surface area contributed by atoms with Crippen LogP contribution in [0.4, 0.5) is 0 Å². The molecule has 0 fully saturated rings. The number of thiocarbonyl (C=S) groups is 1. The second kappa shape index (κ2) is 9.78. The molecule has 0 aromatic heterocycles. The molecule has 0 saturated heterocycles. The van der Waals surface area contributed by atoms with Crippen LogP contribution in [0.15, 0.2) is 66.7 Å². The van der Waals surface area contributed by atoms with Crippen molar-refractivity contribution in [3.05, 3.63) is 93.5 Å². The molecule has 3 aromatic carbocycles. The second-order valence-corrected chi connectivity index (χ2v) is 7.35. The van der Waals surface area contributed by atoms with Crippen LogP contribution in [0.1, 0.15) is 16.7 Å². The highest BCUT2D eigenvalue weighted by atomic mass is 35.5. The summed E-state index contributed by atoms with van der Waals surface area (Å²) in [5.41, 5.74) is 2.93. The van der Waals surface area contributed by atoms with Gasteiger partial charge in [0.05, 0.1) is 12.1 Å². The van der Waals surface area contributed by atoms with Gasteiger partial charge in [-0.25, -0.2) is 0 Å². The van der Waals surface area contributed by atoms with E-state index >= 15 is 0 Å². The molecular formula is C22H19Cl2NO2S. The molecule has 3 rings (SSSR count). The summed E-state index contributed by atoms with van der Waals surface area (Å²) in [6, 6.07) is 20.9. The van der Waals surface area contributed by atoms with E-state index in [9.17, 15) is 0 Å². The maximum atomic E-state index is 6.37. The van der Waals surface area contributed by atoms with Gasteiger partial charge in [-0.15, -0.1) is 0 Å². The van der Waals surface area contributed by atoms with Crippen LogP contribution in [0.2, 0.25) is 10.0 Å². The third-order valence-corrected chi connectivity index (χ3v) is 5.02. The smallest absolute Gasteiger partial charge is 0.138 e. The van der Waals surface area contributed by atoms with Crippen LogP contribution >= 0.6 is 35.4 Å². The number of halogens is 2. The first-order valence-corrected chi connectivity index (χ1v) is 9.79. The molecule has 0 aliphatic heterocycles. The first-order chi connectivity index (χ1) is 13.5. The summed E-state index contributed by atoms with van der Waals surface area (Å²) in [5, 5.41) is 4.45. The minimum atomic E-state index is 0.411. The van der Waals surface area contributed by atoms with Crippen molar-refractivity contribution >= 4 is 40.4 Å². The highest BCUT2D eigenvalue weighted by molar-refractivity contribution is 7.80. The summed E-state index contributed by atoms with van der Waals surface area (Å²) >= 11 is 17.7. The van der Waals surface area contributed by atoms with Crippen LogP contribution in [0, 0.1) is 0 Å². The van der Waals surface area contributed by atoms with Crippen molar-refractivity contribution in [3.8, 4) is 11.5 Å². The predicted molar refractivity (Wildman–Crippen MR) is 119 cm³/mol. The Balaban J connectivity index is 1.59. The number of methoxy groups -OCH3 is 1. The number of hydrogen-bond donors (Lipinski definition) is 1. The van der Waals surface area contributed by atoms with E-state index in [2.05, 4.69) is 5.32 Å². The predicted octanol–water partition coefficient (Wildman–Crippen LogP) is 6.05. The topological polar surface area (TPSA) is 30.5 Å². The van der Waals surface area contributed by atoms with E-state index in [0.29, 0.717) is 33.9 Å². The fraction of sp³-hybridized carbons (Fsp3) is 0.136. The van der Waals surface area contributed by atoms with Crippen LogP contribution in [0.3, 0.4) is 0 Å². The lowest BCUT2D eigenvalue weighted by molar-refractivity contribution is 0.306. The Bertz CT molecular complexity index is 961. The lowest BCUT2D eigenvalue weighted by Gasteiger charge is -2.12. The van der Waals surface area contributed by atoms with E-state index in [-0.39, 0.29) is 0 Å². The van der Waals surface area contributed by atoms with Gasteiger partial charge < -0.3 is 14.8 Å². The van der Waals surface area contributed by atoms with Gasteiger partial charge in [0, 0.05) is 17.1 Å². The van der Waals surface area contributed by atoms with Gasteiger partial charge in [0.25, 0.3) is 0 Å². The Morgan fingerprint density at radius 2 is 1.75 bits per heavy atom. The van der Waals surface area contributed by atoms with Crippen LogP contribution in [0.5, 0.6) is 11.5 Å². The first-order valence-electron chi connectivity index (χ1n) is 8.63. The number of hydrogen-bond acceptors (Lipinski definition) is 3. The molecule has 28 heavy (non-hydrogen) atoms. The quantitative estimate of drug-likeness (QED) is 0.461. The second-order valence-electron chi connectivity index (χ2n) is 6.09. The van der Waals surface area contributed by atoms with Crippen LogP contribution < -0.4 is 14.8 Å². The van der Waals surface area contributed by atoms with Crippen molar-refractivity contribution < 1.29 is 9.47 Å². The van der Waals surface area contributed by atoms with E-state index in [4.69, 9.17) is 44.9 Å². The molecule has 0 radical (unpaired) electrons. The lowest BCUT2D eigenvalue weighted by atomic mass is 10.2. The van der Waals surface area contributed by atoms with Crippen molar-refractivity contribution in [1.82, 2.24) is 5.32 Å².